The number of carbonyl (C=O) groups is 1. The Morgan fingerprint density at radius 3 is 2.04 bits per heavy atom. The molecule has 0 radical (unpaired) electrons. The van der Waals surface area contributed by atoms with Crippen LogP contribution in [-0.4, -0.2) is 76.3 Å². The molecule has 3 atom stereocenters. The first-order valence-corrected chi connectivity index (χ1v) is 16.3. The quantitative estimate of drug-likeness (QED) is 0.200. The van der Waals surface area contributed by atoms with Crippen molar-refractivity contribution >= 4 is 29.1 Å². The van der Waals surface area contributed by atoms with E-state index in [1.165, 1.54) is 0 Å². The fraction of sp³-hybridized carbons (Fsp3) is 0.382. The zero-order chi connectivity index (χ0) is 33.1. The monoisotopic (exact) mass is 679 g/mol. The van der Waals surface area contributed by atoms with Gasteiger partial charge in [-0.05, 0) is 19.8 Å². The lowest BCUT2D eigenvalue weighted by molar-refractivity contribution is -0.119. The van der Waals surface area contributed by atoms with Gasteiger partial charge < -0.3 is 20.1 Å². The Kier molecular flexibility index (Phi) is 10.2. The van der Waals surface area contributed by atoms with Crippen LogP contribution in [0.4, 0.5) is 4.39 Å². The van der Waals surface area contributed by atoms with E-state index in [4.69, 9.17) is 42.6 Å². The van der Waals surface area contributed by atoms with Crippen molar-refractivity contribution in [2.24, 2.45) is 0 Å². The topological polar surface area (TPSA) is 114 Å². The predicted octanol–water partition coefficient (Wildman–Crippen LogP) is 5.89. The van der Waals surface area contributed by atoms with Crippen molar-refractivity contribution in [2.45, 2.75) is 57.5 Å². The molecule has 0 aliphatic carbocycles. The summed E-state index contributed by atoms with van der Waals surface area (Å²) in [5.74, 6) is 0.831. The van der Waals surface area contributed by atoms with Crippen LogP contribution in [-0.2, 0) is 17.9 Å². The number of ether oxygens (including phenoxy) is 2. The second-order valence-corrected chi connectivity index (χ2v) is 12.6. The van der Waals surface area contributed by atoms with Crippen molar-refractivity contribution in [1.82, 2.24) is 35.5 Å². The van der Waals surface area contributed by atoms with Gasteiger partial charge in [0, 0.05) is 66.9 Å². The van der Waals surface area contributed by atoms with Crippen LogP contribution in [0.3, 0.4) is 0 Å². The molecule has 0 saturated carbocycles. The van der Waals surface area contributed by atoms with Gasteiger partial charge >= 0.3 is 0 Å². The lowest BCUT2D eigenvalue weighted by Gasteiger charge is -2.21. The van der Waals surface area contributed by atoms with Crippen molar-refractivity contribution in [3.63, 3.8) is 0 Å². The summed E-state index contributed by atoms with van der Waals surface area (Å²) in [7, 11) is 3.10. The number of hydrogen-bond donors (Lipinski definition) is 2. The molecule has 13 heteroatoms. The number of aromatic nitrogens is 4. The highest BCUT2D eigenvalue weighted by atomic mass is 35.5. The van der Waals surface area contributed by atoms with Gasteiger partial charge in [0.2, 0.25) is 17.7 Å². The molecule has 6 rings (SSSR count). The lowest BCUT2D eigenvalue weighted by atomic mass is 9.98. The van der Waals surface area contributed by atoms with E-state index in [9.17, 15) is 9.18 Å². The van der Waals surface area contributed by atoms with Gasteiger partial charge in [-0.1, -0.05) is 59.6 Å². The molecular formula is C34H36Cl2FN7O3. The van der Waals surface area contributed by atoms with E-state index >= 15 is 0 Å². The molecular weight excluding hydrogens is 644 g/mol. The zero-order valence-corrected chi connectivity index (χ0v) is 27.9. The maximum Gasteiger partial charge on any atom is 0.237 e. The fourth-order valence-corrected chi connectivity index (χ4v) is 6.77. The minimum Gasteiger partial charge on any atom is -0.480 e. The van der Waals surface area contributed by atoms with Crippen LogP contribution in [0.1, 0.15) is 37.6 Å². The third-order valence-corrected chi connectivity index (χ3v) is 9.44. The number of nitrogens with zero attached hydrogens (tertiary/aromatic N) is 5. The summed E-state index contributed by atoms with van der Waals surface area (Å²) in [5, 5.41) is 7.17. The number of likely N-dealkylation sites (tertiary alicyclic amines) is 1. The SMILES string of the molecule is COc1nc(-c2cccc(-c3cccc(-c4cnc(CN5C[C@@H](F)C[C@H]5C)c(OC)n4)c3Cl)c2Cl)cnc1CNC[C@@H]1CCC(=O)N1. The Morgan fingerprint density at radius 2 is 1.51 bits per heavy atom. The van der Waals surface area contributed by atoms with Crippen molar-refractivity contribution in [3.8, 4) is 45.4 Å². The number of halogens is 3. The Labute approximate surface area is 283 Å². The van der Waals surface area contributed by atoms with Gasteiger partial charge in [0.15, 0.2) is 0 Å². The number of methoxy groups -OCH3 is 2. The molecule has 0 unspecified atom stereocenters. The number of alkyl halides is 1. The van der Waals surface area contributed by atoms with Gasteiger partial charge in [0.05, 0.1) is 48.0 Å². The van der Waals surface area contributed by atoms with E-state index in [-0.39, 0.29) is 18.0 Å². The predicted molar refractivity (Wildman–Crippen MR) is 179 cm³/mol. The van der Waals surface area contributed by atoms with Crippen molar-refractivity contribution < 1.29 is 18.7 Å². The van der Waals surface area contributed by atoms with Gasteiger partial charge in [-0.15, -0.1) is 0 Å². The molecule has 4 aromatic rings. The lowest BCUT2D eigenvalue weighted by Crippen LogP contribution is -2.35. The van der Waals surface area contributed by atoms with Crippen LogP contribution in [0.5, 0.6) is 11.8 Å². The number of hydrogen-bond acceptors (Lipinski definition) is 9. The molecule has 10 nitrogen and oxygen atoms in total. The summed E-state index contributed by atoms with van der Waals surface area (Å²) in [6.07, 6.45) is 4.36. The van der Waals surface area contributed by atoms with Crippen molar-refractivity contribution in [1.29, 1.82) is 0 Å². The van der Waals surface area contributed by atoms with Gasteiger partial charge in [0.1, 0.15) is 17.6 Å². The summed E-state index contributed by atoms with van der Waals surface area (Å²) < 4.78 is 25.1. The molecule has 0 spiro atoms. The van der Waals surface area contributed by atoms with Crippen LogP contribution in [0.15, 0.2) is 48.8 Å². The van der Waals surface area contributed by atoms with Crippen molar-refractivity contribution in [3.05, 3.63) is 70.2 Å². The van der Waals surface area contributed by atoms with Gasteiger partial charge in [-0.2, -0.15) is 0 Å². The van der Waals surface area contributed by atoms with E-state index in [1.807, 2.05) is 48.2 Å². The average Bonchev–Trinajstić information content (AvgIpc) is 3.64. The first-order valence-electron chi connectivity index (χ1n) is 15.5. The van der Waals surface area contributed by atoms with Gasteiger partial charge in [0.25, 0.3) is 0 Å². The third kappa shape index (κ3) is 7.18. The van der Waals surface area contributed by atoms with E-state index in [1.54, 1.807) is 26.6 Å². The normalized spacial score (nSPS) is 19.6. The minimum atomic E-state index is -0.843. The standard InChI is InChI=1S/C34H36Cl2FN7O3/c1-19-12-20(37)17-44(19)18-29-34(47-3)43-27(16-40-29)25-9-5-7-23(32(25)36)22-6-4-8-24(31(22)35)26-15-39-28(33(42-26)46-2)14-38-13-21-10-11-30(45)41-21/h4-9,15-16,19-21,38H,10-14,17-18H2,1-3H3,(H,41,45)/t19-,20+,21+/m1/s1. The molecule has 2 saturated heterocycles. The van der Waals surface area contributed by atoms with Gasteiger partial charge in [-0.25, -0.2) is 14.4 Å². The number of amides is 1. The smallest absolute Gasteiger partial charge is 0.237 e. The van der Waals surface area contributed by atoms with Crippen molar-refractivity contribution in [2.75, 3.05) is 27.3 Å². The molecule has 1 amide bonds. The first-order chi connectivity index (χ1) is 22.7. The maximum atomic E-state index is 14.0. The molecule has 2 aliphatic rings. The van der Waals surface area contributed by atoms with Crippen LogP contribution >= 0.6 is 23.2 Å². The Balaban J connectivity index is 1.24. The molecule has 2 fully saturated rings. The maximum absolute atomic E-state index is 14.0. The number of rotatable bonds is 11. The summed E-state index contributed by atoms with van der Waals surface area (Å²) in [6, 6.07) is 11.5. The minimum absolute atomic E-state index is 0.0792. The highest BCUT2D eigenvalue weighted by Gasteiger charge is 2.30. The largest absolute Gasteiger partial charge is 0.480 e. The summed E-state index contributed by atoms with van der Waals surface area (Å²) in [5.41, 5.74) is 5.12. The molecule has 4 heterocycles. The highest BCUT2D eigenvalue weighted by molar-refractivity contribution is 6.39. The summed E-state index contributed by atoms with van der Waals surface area (Å²) in [6.45, 7) is 3.89. The van der Waals surface area contributed by atoms with Gasteiger partial charge in [-0.3, -0.25) is 19.7 Å². The number of carbonyl (C=O) groups excluding carboxylic acids is 1. The third-order valence-electron chi connectivity index (χ3n) is 8.62. The van der Waals surface area contributed by atoms with E-state index < -0.39 is 6.17 Å². The fourth-order valence-electron chi connectivity index (χ4n) is 6.12. The molecule has 2 aromatic carbocycles. The van der Waals surface area contributed by atoms with Crippen LogP contribution < -0.4 is 20.1 Å². The van der Waals surface area contributed by atoms with Crippen LogP contribution in [0.2, 0.25) is 10.0 Å². The highest BCUT2D eigenvalue weighted by Crippen LogP contribution is 2.42. The molecule has 2 aliphatic heterocycles. The van der Waals surface area contributed by atoms with Crippen LogP contribution in [0, 0.1) is 0 Å². The Hall–Kier alpha value is -3.90. The van der Waals surface area contributed by atoms with Crippen LogP contribution in [0.25, 0.3) is 33.6 Å². The van der Waals surface area contributed by atoms with E-state index in [0.717, 1.165) is 6.42 Å². The number of benzene rings is 2. The summed E-state index contributed by atoms with van der Waals surface area (Å²) >= 11 is 14.1. The number of nitrogens with one attached hydrogen (secondary N) is 2. The molecule has 246 valence electrons. The van der Waals surface area contributed by atoms with E-state index in [0.29, 0.717) is 106 Å². The first kappa shape index (κ1) is 33.0. The molecule has 2 N–H and O–H groups in total. The molecule has 47 heavy (non-hydrogen) atoms. The average molecular weight is 681 g/mol. The zero-order valence-electron chi connectivity index (χ0n) is 26.4. The Bertz CT molecular complexity index is 1780. The second kappa shape index (κ2) is 14.5. The molecule has 0 bridgehead atoms. The molecule has 2 aromatic heterocycles. The second-order valence-electron chi connectivity index (χ2n) is 11.8. The van der Waals surface area contributed by atoms with E-state index in [2.05, 4.69) is 20.6 Å². The summed E-state index contributed by atoms with van der Waals surface area (Å²) in [4.78, 5) is 32.2. The Morgan fingerprint density at radius 1 is 0.936 bits per heavy atom.